The summed E-state index contributed by atoms with van der Waals surface area (Å²) in [6.07, 6.45) is 5.68. The highest BCUT2D eigenvalue weighted by Gasteiger charge is 2.43. The Morgan fingerprint density at radius 3 is 2.74 bits per heavy atom. The Morgan fingerprint density at radius 1 is 1.19 bits per heavy atom. The number of piperazine rings is 1. The van der Waals surface area contributed by atoms with Gasteiger partial charge in [0.05, 0.1) is 17.6 Å². The average Bonchev–Trinajstić information content (AvgIpc) is 3.78. The van der Waals surface area contributed by atoms with Crippen LogP contribution in [-0.4, -0.2) is 80.8 Å². The average molecular weight is 591 g/mol. The molecule has 7 rings (SSSR count). The SMILES string of the molecule is CC(=O)N1CC[C@H](COc2nc(-c3noc([C@]4(C)CCCc5sc(N)c(C#N)c54)n3)nc(N3C[C@H]4CC[C@@H](C3)N4)n2)C1. The first-order valence-corrected chi connectivity index (χ1v) is 15.4. The largest absolute Gasteiger partial charge is 0.463 e. The molecule has 42 heavy (non-hydrogen) atoms. The molecule has 3 N–H and O–H groups in total. The van der Waals surface area contributed by atoms with Crippen molar-refractivity contribution in [2.75, 3.05) is 43.4 Å². The van der Waals surface area contributed by atoms with Gasteiger partial charge in [0.2, 0.25) is 29.4 Å². The number of hydrogen-bond acceptors (Lipinski definition) is 13. The number of amides is 1. The molecule has 3 aromatic heterocycles. The summed E-state index contributed by atoms with van der Waals surface area (Å²) in [5, 5.41) is 18.3. The third-order valence-corrected chi connectivity index (χ3v) is 10.2. The lowest BCUT2D eigenvalue weighted by Crippen LogP contribution is -2.51. The fourth-order valence-corrected chi connectivity index (χ4v) is 8.10. The summed E-state index contributed by atoms with van der Waals surface area (Å²) >= 11 is 1.47. The highest BCUT2D eigenvalue weighted by Crippen LogP contribution is 2.48. The number of likely N-dealkylation sites (tertiary alicyclic amines) is 1. The minimum atomic E-state index is -0.643. The standard InChI is InChI=1S/C28H34N10O3S/c1-15(39)37-9-7-16(11-37)14-40-27-34-23(33-26(35-27)38-12-17-5-6-18(13-38)31-17)24-32-25(41-36-24)28(2)8-3-4-20-21(28)19(10-29)22(30)42-20/h16-18,31H,3-9,11-14,30H2,1-2H3/t16-,17-,18+,28+/m0/s1. The van der Waals surface area contributed by atoms with E-state index >= 15 is 0 Å². The lowest BCUT2D eigenvalue weighted by atomic mass is 9.72. The van der Waals surface area contributed by atoms with Gasteiger partial charge in [-0.05, 0) is 45.4 Å². The molecule has 6 heterocycles. The van der Waals surface area contributed by atoms with Gasteiger partial charge in [-0.3, -0.25) is 4.79 Å². The second-order valence-corrected chi connectivity index (χ2v) is 13.2. The quantitative estimate of drug-likeness (QED) is 0.429. The number of hydrogen-bond donors (Lipinski definition) is 2. The second kappa shape index (κ2) is 10.5. The molecule has 14 heteroatoms. The number of nitrogens with two attached hydrogens (primary N) is 1. The van der Waals surface area contributed by atoms with E-state index in [0.717, 1.165) is 68.6 Å². The molecule has 220 valence electrons. The van der Waals surface area contributed by atoms with E-state index in [2.05, 4.69) is 26.4 Å². The van der Waals surface area contributed by atoms with E-state index in [0.29, 0.717) is 47.6 Å². The molecule has 3 aliphatic heterocycles. The van der Waals surface area contributed by atoms with E-state index < -0.39 is 5.41 Å². The maximum Gasteiger partial charge on any atom is 0.321 e. The number of fused-ring (bicyclic) bond motifs is 3. The lowest BCUT2D eigenvalue weighted by Gasteiger charge is -2.32. The number of nitrogen functional groups attached to an aromatic ring is 1. The molecule has 0 radical (unpaired) electrons. The molecule has 3 aromatic rings. The molecule has 1 amide bonds. The van der Waals surface area contributed by atoms with Crippen molar-refractivity contribution in [2.45, 2.75) is 69.9 Å². The molecule has 1 aliphatic carbocycles. The first kappa shape index (κ1) is 27.0. The minimum Gasteiger partial charge on any atom is -0.463 e. The maximum absolute atomic E-state index is 11.8. The Balaban J connectivity index is 1.20. The van der Waals surface area contributed by atoms with Crippen LogP contribution in [0.1, 0.15) is 67.8 Å². The van der Waals surface area contributed by atoms with Crippen LogP contribution in [0, 0.1) is 17.2 Å². The number of nitrogens with one attached hydrogen (secondary N) is 1. The van der Waals surface area contributed by atoms with E-state index in [1.54, 1.807) is 6.92 Å². The molecule has 3 saturated heterocycles. The van der Waals surface area contributed by atoms with E-state index in [9.17, 15) is 10.1 Å². The number of thiophene rings is 1. The van der Waals surface area contributed by atoms with Crippen LogP contribution in [0.2, 0.25) is 0 Å². The predicted molar refractivity (Wildman–Crippen MR) is 154 cm³/mol. The number of aromatic nitrogens is 5. The van der Waals surface area contributed by atoms with E-state index in [1.165, 1.54) is 11.3 Å². The summed E-state index contributed by atoms with van der Waals surface area (Å²) in [4.78, 5) is 35.8. The zero-order chi connectivity index (χ0) is 29.0. The number of carbonyl (C=O) groups excluding carboxylic acids is 1. The molecular weight excluding hydrogens is 556 g/mol. The van der Waals surface area contributed by atoms with Crippen LogP contribution < -0.4 is 20.7 Å². The molecule has 0 aromatic carbocycles. The summed E-state index contributed by atoms with van der Waals surface area (Å²) in [6.45, 7) is 7.01. The molecule has 4 aliphatic rings. The lowest BCUT2D eigenvalue weighted by molar-refractivity contribution is -0.127. The maximum atomic E-state index is 11.8. The van der Waals surface area contributed by atoms with Gasteiger partial charge >= 0.3 is 6.01 Å². The summed E-state index contributed by atoms with van der Waals surface area (Å²) in [5.41, 5.74) is 6.96. The number of aryl methyl sites for hydroxylation is 1. The van der Waals surface area contributed by atoms with Crippen LogP contribution in [0.5, 0.6) is 6.01 Å². The van der Waals surface area contributed by atoms with Gasteiger partial charge in [-0.2, -0.15) is 25.2 Å². The summed E-state index contributed by atoms with van der Waals surface area (Å²) in [7, 11) is 0. The van der Waals surface area contributed by atoms with Gasteiger partial charge in [0.15, 0.2) is 0 Å². The molecule has 0 spiro atoms. The van der Waals surface area contributed by atoms with Crippen LogP contribution >= 0.6 is 11.3 Å². The highest BCUT2D eigenvalue weighted by molar-refractivity contribution is 7.16. The van der Waals surface area contributed by atoms with Crippen molar-refractivity contribution in [3.63, 3.8) is 0 Å². The van der Waals surface area contributed by atoms with Crippen molar-refractivity contribution < 1.29 is 14.1 Å². The van der Waals surface area contributed by atoms with Gasteiger partial charge in [0.1, 0.15) is 11.1 Å². The molecule has 4 atom stereocenters. The van der Waals surface area contributed by atoms with Crippen molar-refractivity contribution in [1.29, 1.82) is 5.26 Å². The Bertz CT molecular complexity index is 1550. The summed E-state index contributed by atoms with van der Waals surface area (Å²) < 4.78 is 12.0. The highest BCUT2D eigenvalue weighted by atomic mass is 32.1. The summed E-state index contributed by atoms with van der Waals surface area (Å²) in [5.74, 6) is 1.74. The smallest absolute Gasteiger partial charge is 0.321 e. The fraction of sp³-hybridized carbons (Fsp3) is 0.607. The van der Waals surface area contributed by atoms with Crippen LogP contribution in [0.15, 0.2) is 4.52 Å². The number of rotatable bonds is 6. The summed E-state index contributed by atoms with van der Waals surface area (Å²) in [6, 6.07) is 3.29. The molecule has 2 bridgehead atoms. The predicted octanol–water partition coefficient (Wildman–Crippen LogP) is 2.27. The number of nitriles is 1. The Kier molecular flexibility index (Phi) is 6.73. The third-order valence-electron chi connectivity index (χ3n) is 9.13. The van der Waals surface area contributed by atoms with E-state index in [1.807, 2.05) is 11.8 Å². The normalized spacial score (nSPS) is 26.7. The third kappa shape index (κ3) is 4.74. The Hall–Kier alpha value is -3.83. The number of carbonyl (C=O) groups is 1. The van der Waals surface area contributed by atoms with Crippen LogP contribution in [-0.2, 0) is 16.6 Å². The van der Waals surface area contributed by atoms with Crippen LogP contribution in [0.3, 0.4) is 0 Å². The minimum absolute atomic E-state index is 0.0780. The van der Waals surface area contributed by atoms with Gasteiger partial charge in [-0.15, -0.1) is 11.3 Å². The Labute approximate surface area is 247 Å². The molecule has 13 nitrogen and oxygen atoms in total. The van der Waals surface area contributed by atoms with Crippen LogP contribution in [0.25, 0.3) is 11.6 Å². The van der Waals surface area contributed by atoms with E-state index in [4.69, 9.17) is 29.9 Å². The van der Waals surface area contributed by atoms with Crippen molar-refractivity contribution in [3.05, 3.63) is 21.9 Å². The first-order valence-electron chi connectivity index (χ1n) is 14.6. The topological polar surface area (TPSA) is 172 Å². The second-order valence-electron chi connectivity index (χ2n) is 12.1. The molecular formula is C28H34N10O3S. The zero-order valence-electron chi connectivity index (χ0n) is 23.8. The van der Waals surface area contributed by atoms with Crippen molar-refractivity contribution >= 4 is 28.2 Å². The van der Waals surface area contributed by atoms with Crippen molar-refractivity contribution in [2.24, 2.45) is 5.92 Å². The number of anilines is 2. The van der Waals surface area contributed by atoms with Crippen molar-refractivity contribution in [1.82, 2.24) is 35.3 Å². The van der Waals surface area contributed by atoms with Gasteiger partial charge in [-0.1, -0.05) is 5.16 Å². The number of nitrogens with zero attached hydrogens (tertiary/aromatic N) is 8. The zero-order valence-corrected chi connectivity index (χ0v) is 24.6. The van der Waals surface area contributed by atoms with Crippen molar-refractivity contribution in [3.8, 4) is 23.7 Å². The van der Waals surface area contributed by atoms with Gasteiger partial charge in [0.25, 0.3) is 0 Å². The number of ether oxygens (including phenoxy) is 1. The molecule has 0 saturated carbocycles. The first-order chi connectivity index (χ1) is 20.3. The fourth-order valence-electron chi connectivity index (χ4n) is 6.91. The van der Waals surface area contributed by atoms with Gasteiger partial charge in [-0.25, -0.2) is 0 Å². The Morgan fingerprint density at radius 2 is 2.00 bits per heavy atom. The van der Waals surface area contributed by atoms with E-state index in [-0.39, 0.29) is 29.5 Å². The van der Waals surface area contributed by atoms with Crippen LogP contribution in [0.4, 0.5) is 10.9 Å². The molecule has 3 fully saturated rings. The van der Waals surface area contributed by atoms with Gasteiger partial charge in [0, 0.05) is 61.5 Å². The monoisotopic (exact) mass is 590 g/mol. The van der Waals surface area contributed by atoms with Gasteiger partial charge < -0.3 is 30.1 Å². The molecule has 0 unspecified atom stereocenters.